The van der Waals surface area contributed by atoms with E-state index in [1.165, 1.54) is 6.07 Å². The molecule has 0 aliphatic carbocycles. The van der Waals surface area contributed by atoms with Crippen LogP contribution in [0.5, 0.6) is 0 Å². The maximum Gasteiger partial charge on any atom is 0.151 e. The van der Waals surface area contributed by atoms with E-state index in [1.807, 2.05) is 31.4 Å². The fourth-order valence-electron chi connectivity index (χ4n) is 1.91. The second-order valence-electron chi connectivity index (χ2n) is 4.73. The number of thiophene rings is 1. The standard InChI is InChI=1S/C14H16F2N2S/c1-8(2)14(12-4-3-5-19-12)18-11-7-9(15)6-10(16)13(11)17/h3-8,14,18H,17H2,1-2H3. The zero-order chi connectivity index (χ0) is 14.0. The Hall–Kier alpha value is -1.62. The average molecular weight is 282 g/mol. The van der Waals surface area contributed by atoms with Gasteiger partial charge in [-0.15, -0.1) is 11.3 Å². The van der Waals surface area contributed by atoms with Crippen LogP contribution in [0.15, 0.2) is 29.6 Å². The maximum absolute atomic E-state index is 13.4. The van der Waals surface area contributed by atoms with Crippen LogP contribution in [0.1, 0.15) is 24.8 Å². The minimum absolute atomic E-state index is 0.0245. The molecule has 2 aromatic rings. The van der Waals surface area contributed by atoms with Crippen molar-refractivity contribution in [2.45, 2.75) is 19.9 Å². The minimum Gasteiger partial charge on any atom is -0.395 e. The monoisotopic (exact) mass is 282 g/mol. The predicted molar refractivity (Wildman–Crippen MR) is 76.3 cm³/mol. The van der Waals surface area contributed by atoms with Crippen molar-refractivity contribution in [1.82, 2.24) is 0 Å². The minimum atomic E-state index is -0.740. The van der Waals surface area contributed by atoms with Crippen molar-refractivity contribution in [3.8, 4) is 0 Å². The van der Waals surface area contributed by atoms with Gasteiger partial charge in [-0.1, -0.05) is 19.9 Å². The molecule has 1 atom stereocenters. The molecule has 2 nitrogen and oxygen atoms in total. The number of hydrogen-bond acceptors (Lipinski definition) is 3. The van der Waals surface area contributed by atoms with Crippen LogP contribution in [0.4, 0.5) is 20.2 Å². The second kappa shape index (κ2) is 5.57. The van der Waals surface area contributed by atoms with E-state index >= 15 is 0 Å². The normalized spacial score (nSPS) is 12.7. The van der Waals surface area contributed by atoms with Crippen molar-refractivity contribution in [3.63, 3.8) is 0 Å². The van der Waals surface area contributed by atoms with Gasteiger partial charge in [0.15, 0.2) is 5.82 Å². The molecule has 1 aromatic carbocycles. The molecule has 0 amide bonds. The highest BCUT2D eigenvalue weighted by Gasteiger charge is 2.19. The lowest BCUT2D eigenvalue weighted by Gasteiger charge is -2.23. The number of benzene rings is 1. The SMILES string of the molecule is CC(C)C(Nc1cc(F)cc(F)c1N)c1cccs1. The van der Waals surface area contributed by atoms with Crippen LogP contribution in [0, 0.1) is 17.6 Å². The van der Waals surface area contributed by atoms with Crippen LogP contribution >= 0.6 is 11.3 Å². The molecule has 0 spiro atoms. The lowest BCUT2D eigenvalue weighted by molar-refractivity contribution is 0.550. The van der Waals surface area contributed by atoms with Crippen LogP contribution in [0.25, 0.3) is 0 Å². The topological polar surface area (TPSA) is 38.0 Å². The first-order valence-electron chi connectivity index (χ1n) is 6.03. The van der Waals surface area contributed by atoms with Gasteiger partial charge in [0.2, 0.25) is 0 Å². The fourth-order valence-corrected chi connectivity index (χ4v) is 2.86. The largest absolute Gasteiger partial charge is 0.395 e. The van der Waals surface area contributed by atoms with Crippen molar-refractivity contribution >= 4 is 22.7 Å². The molecule has 19 heavy (non-hydrogen) atoms. The Balaban J connectivity index is 2.33. The van der Waals surface area contributed by atoms with Gasteiger partial charge < -0.3 is 11.1 Å². The third-order valence-corrected chi connectivity index (χ3v) is 3.88. The summed E-state index contributed by atoms with van der Waals surface area (Å²) in [4.78, 5) is 1.11. The first-order valence-corrected chi connectivity index (χ1v) is 6.91. The number of halogens is 2. The molecule has 2 rings (SSSR count). The van der Waals surface area contributed by atoms with E-state index in [0.29, 0.717) is 5.69 Å². The zero-order valence-electron chi connectivity index (χ0n) is 10.8. The molecule has 3 N–H and O–H groups in total. The molecule has 0 saturated carbocycles. The van der Waals surface area contributed by atoms with Crippen LogP contribution in [0.2, 0.25) is 0 Å². The highest BCUT2D eigenvalue weighted by atomic mass is 32.1. The maximum atomic E-state index is 13.4. The molecular weight excluding hydrogens is 266 g/mol. The summed E-state index contributed by atoms with van der Waals surface area (Å²) in [7, 11) is 0. The Labute approximate surface area is 115 Å². The quantitative estimate of drug-likeness (QED) is 0.815. The Morgan fingerprint density at radius 3 is 2.58 bits per heavy atom. The molecule has 0 aliphatic heterocycles. The third-order valence-electron chi connectivity index (χ3n) is 2.92. The van der Waals surface area contributed by atoms with Crippen LogP contribution in [-0.4, -0.2) is 0 Å². The molecule has 0 saturated heterocycles. The molecule has 0 radical (unpaired) electrons. The first kappa shape index (κ1) is 13.8. The Morgan fingerprint density at radius 2 is 2.00 bits per heavy atom. The number of nitrogen functional groups attached to an aromatic ring is 1. The van der Waals surface area contributed by atoms with Crippen LogP contribution in [-0.2, 0) is 0 Å². The lowest BCUT2D eigenvalue weighted by Crippen LogP contribution is -2.17. The van der Waals surface area contributed by atoms with Crippen LogP contribution in [0.3, 0.4) is 0 Å². The van der Waals surface area contributed by atoms with E-state index in [0.717, 1.165) is 10.9 Å². The summed E-state index contributed by atoms with van der Waals surface area (Å²) in [5.41, 5.74) is 5.90. The summed E-state index contributed by atoms with van der Waals surface area (Å²) in [5, 5.41) is 5.11. The van der Waals surface area contributed by atoms with Crippen molar-refractivity contribution in [2.24, 2.45) is 5.92 Å². The van der Waals surface area contributed by atoms with Gasteiger partial charge in [-0.3, -0.25) is 0 Å². The summed E-state index contributed by atoms with van der Waals surface area (Å²) in [5.74, 6) is -1.11. The van der Waals surface area contributed by atoms with E-state index in [4.69, 9.17) is 5.73 Å². The summed E-state index contributed by atoms with van der Waals surface area (Å²) in [6.07, 6.45) is 0. The van der Waals surface area contributed by atoms with Gasteiger partial charge in [0.05, 0.1) is 17.4 Å². The number of nitrogens with two attached hydrogens (primary N) is 1. The van der Waals surface area contributed by atoms with E-state index < -0.39 is 11.6 Å². The van der Waals surface area contributed by atoms with E-state index in [2.05, 4.69) is 5.32 Å². The molecule has 0 fully saturated rings. The first-order chi connectivity index (χ1) is 8.99. The zero-order valence-corrected chi connectivity index (χ0v) is 11.6. The summed E-state index contributed by atoms with van der Waals surface area (Å²) in [6, 6.07) is 5.93. The molecule has 5 heteroatoms. The molecule has 0 bridgehead atoms. The second-order valence-corrected chi connectivity index (χ2v) is 5.71. The van der Waals surface area contributed by atoms with Gasteiger partial charge in [0.1, 0.15) is 5.82 Å². The summed E-state index contributed by atoms with van der Waals surface area (Å²) >= 11 is 1.60. The molecule has 1 aromatic heterocycles. The molecule has 1 unspecified atom stereocenters. The van der Waals surface area contributed by atoms with Gasteiger partial charge in [0.25, 0.3) is 0 Å². The number of rotatable bonds is 4. The predicted octanol–water partition coefficient (Wildman–Crippen LogP) is 4.42. The fraction of sp³-hybridized carbons (Fsp3) is 0.286. The Bertz CT molecular complexity index is 553. The van der Waals surface area contributed by atoms with E-state index in [-0.39, 0.29) is 17.6 Å². The van der Waals surface area contributed by atoms with Gasteiger partial charge in [-0.2, -0.15) is 0 Å². The number of hydrogen-bond donors (Lipinski definition) is 2. The molecular formula is C14H16F2N2S. The van der Waals surface area contributed by atoms with Gasteiger partial charge >= 0.3 is 0 Å². The Morgan fingerprint density at radius 1 is 1.26 bits per heavy atom. The summed E-state index contributed by atoms with van der Waals surface area (Å²) < 4.78 is 26.7. The highest BCUT2D eigenvalue weighted by Crippen LogP contribution is 2.33. The van der Waals surface area contributed by atoms with Crippen molar-refractivity contribution in [2.75, 3.05) is 11.1 Å². The van der Waals surface area contributed by atoms with Gasteiger partial charge in [-0.25, -0.2) is 8.78 Å². The Kier molecular flexibility index (Phi) is 4.04. The number of anilines is 2. The van der Waals surface area contributed by atoms with Crippen molar-refractivity contribution in [1.29, 1.82) is 0 Å². The average Bonchev–Trinajstić information content (AvgIpc) is 2.84. The van der Waals surface area contributed by atoms with Gasteiger partial charge in [0, 0.05) is 10.9 Å². The third kappa shape index (κ3) is 3.04. The lowest BCUT2D eigenvalue weighted by atomic mass is 10.0. The molecule has 102 valence electrons. The van der Waals surface area contributed by atoms with Gasteiger partial charge in [-0.05, 0) is 23.4 Å². The van der Waals surface area contributed by atoms with Crippen molar-refractivity contribution < 1.29 is 8.78 Å². The summed E-state index contributed by atoms with van der Waals surface area (Å²) in [6.45, 7) is 4.09. The number of nitrogens with one attached hydrogen (secondary N) is 1. The molecule has 0 aliphatic rings. The van der Waals surface area contributed by atoms with E-state index in [1.54, 1.807) is 11.3 Å². The molecule has 1 heterocycles. The van der Waals surface area contributed by atoms with E-state index in [9.17, 15) is 8.78 Å². The smallest absolute Gasteiger partial charge is 0.151 e. The van der Waals surface area contributed by atoms with Crippen LogP contribution < -0.4 is 11.1 Å². The van der Waals surface area contributed by atoms with Crippen molar-refractivity contribution in [3.05, 3.63) is 46.2 Å². The highest BCUT2D eigenvalue weighted by molar-refractivity contribution is 7.10.